The number of benzene rings is 1. The lowest BCUT2D eigenvalue weighted by atomic mass is 10.1. The molecule has 1 N–H and O–H groups in total. The molecule has 2 nitrogen and oxygen atoms in total. The second-order valence-electron chi connectivity index (χ2n) is 5.02. The number of hydrogen-bond acceptors (Lipinski definition) is 2. The first kappa shape index (κ1) is 12.9. The molecule has 2 unspecified atom stereocenters. The van der Waals surface area contributed by atoms with Crippen LogP contribution in [0, 0.1) is 0 Å². The molecule has 1 heterocycles. The molecule has 1 aliphatic heterocycles. The van der Waals surface area contributed by atoms with E-state index < -0.39 is 0 Å². The number of halogens is 1. The van der Waals surface area contributed by atoms with Gasteiger partial charge in [-0.05, 0) is 50.6 Å². The first-order valence-electron chi connectivity index (χ1n) is 6.35. The van der Waals surface area contributed by atoms with E-state index in [2.05, 4.69) is 65.2 Å². The quantitative estimate of drug-likeness (QED) is 0.918. The molecule has 2 atom stereocenters. The monoisotopic (exact) mass is 296 g/mol. The van der Waals surface area contributed by atoms with Crippen LogP contribution in [0.25, 0.3) is 0 Å². The van der Waals surface area contributed by atoms with Gasteiger partial charge in [0.15, 0.2) is 0 Å². The molecular formula is C14H21BrN2. The van der Waals surface area contributed by atoms with Gasteiger partial charge in [0.2, 0.25) is 0 Å². The summed E-state index contributed by atoms with van der Waals surface area (Å²) < 4.78 is 1.16. The van der Waals surface area contributed by atoms with Crippen LogP contribution in [0.5, 0.6) is 0 Å². The van der Waals surface area contributed by atoms with Crippen LogP contribution in [-0.4, -0.2) is 30.6 Å². The fraction of sp³-hybridized carbons (Fsp3) is 0.571. The summed E-state index contributed by atoms with van der Waals surface area (Å²) in [6.07, 6.45) is 2.30. The van der Waals surface area contributed by atoms with Crippen molar-refractivity contribution in [1.82, 2.24) is 4.90 Å². The Labute approximate surface area is 113 Å². The topological polar surface area (TPSA) is 15.3 Å². The number of anilines is 1. The van der Waals surface area contributed by atoms with E-state index in [4.69, 9.17) is 0 Å². The molecule has 94 valence electrons. The van der Waals surface area contributed by atoms with Crippen LogP contribution < -0.4 is 5.32 Å². The molecule has 17 heavy (non-hydrogen) atoms. The fourth-order valence-corrected chi connectivity index (χ4v) is 2.92. The molecular weight excluding hydrogens is 276 g/mol. The third-order valence-electron chi connectivity index (χ3n) is 3.69. The number of nitrogens with zero attached hydrogens (tertiary/aromatic N) is 1. The Balaban J connectivity index is 2.09. The first-order valence-corrected chi connectivity index (χ1v) is 7.14. The lowest BCUT2D eigenvalue weighted by Crippen LogP contribution is -2.25. The van der Waals surface area contributed by atoms with Crippen molar-refractivity contribution < 1.29 is 0 Å². The number of nitrogens with one attached hydrogen (secondary N) is 1. The Bertz CT molecular complexity index is 382. The van der Waals surface area contributed by atoms with E-state index in [-0.39, 0.29) is 0 Å². The zero-order valence-corrected chi connectivity index (χ0v) is 12.4. The van der Waals surface area contributed by atoms with Crippen molar-refractivity contribution in [2.45, 2.75) is 38.8 Å². The molecule has 0 amide bonds. The minimum absolute atomic E-state index is 0.585. The minimum Gasteiger partial charge on any atom is -0.381 e. The molecule has 2 rings (SSSR count). The van der Waals surface area contributed by atoms with Crippen LogP contribution in [0.4, 0.5) is 5.69 Å². The minimum atomic E-state index is 0.585. The van der Waals surface area contributed by atoms with Crippen LogP contribution in [0.1, 0.15) is 25.8 Å². The Morgan fingerprint density at radius 2 is 2.24 bits per heavy atom. The van der Waals surface area contributed by atoms with Crippen molar-refractivity contribution in [2.75, 3.05) is 18.9 Å². The van der Waals surface area contributed by atoms with Crippen molar-refractivity contribution >= 4 is 21.6 Å². The summed E-state index contributed by atoms with van der Waals surface area (Å²) in [6.45, 7) is 5.64. The van der Waals surface area contributed by atoms with E-state index in [1.165, 1.54) is 17.7 Å². The van der Waals surface area contributed by atoms with Gasteiger partial charge in [-0.1, -0.05) is 22.9 Å². The summed E-state index contributed by atoms with van der Waals surface area (Å²) in [5, 5.41) is 3.69. The van der Waals surface area contributed by atoms with E-state index in [0.717, 1.165) is 17.4 Å². The third-order valence-corrected chi connectivity index (χ3v) is 4.19. The van der Waals surface area contributed by atoms with Crippen molar-refractivity contribution in [1.29, 1.82) is 0 Å². The first-order chi connectivity index (χ1) is 8.10. The molecule has 0 saturated carbocycles. The van der Waals surface area contributed by atoms with Gasteiger partial charge in [0, 0.05) is 28.8 Å². The van der Waals surface area contributed by atoms with Gasteiger partial charge in [-0.15, -0.1) is 0 Å². The van der Waals surface area contributed by atoms with E-state index in [0.29, 0.717) is 12.1 Å². The summed E-state index contributed by atoms with van der Waals surface area (Å²) in [5.41, 5.74) is 2.68. The smallest absolute Gasteiger partial charge is 0.0403 e. The maximum atomic E-state index is 3.69. The van der Waals surface area contributed by atoms with Crippen molar-refractivity contribution in [3.8, 4) is 0 Å². The molecule has 1 saturated heterocycles. The standard InChI is InChI=1S/C14H21BrN2/c1-4-11-8-12(15)5-6-14(11)16-13-7-10(2)17(3)9-13/h5-6,8,10,13,16H,4,7,9H2,1-3H3. The average molecular weight is 297 g/mol. The van der Waals surface area contributed by atoms with Crippen molar-refractivity contribution in [3.05, 3.63) is 28.2 Å². The molecule has 0 spiro atoms. The van der Waals surface area contributed by atoms with Gasteiger partial charge in [0.05, 0.1) is 0 Å². The van der Waals surface area contributed by atoms with Gasteiger partial charge in [-0.3, -0.25) is 0 Å². The predicted molar refractivity (Wildman–Crippen MR) is 77.6 cm³/mol. The summed E-state index contributed by atoms with van der Waals surface area (Å²) in [6, 6.07) is 7.79. The highest BCUT2D eigenvalue weighted by Crippen LogP contribution is 2.25. The van der Waals surface area contributed by atoms with Gasteiger partial charge in [-0.25, -0.2) is 0 Å². The SMILES string of the molecule is CCc1cc(Br)ccc1NC1CC(C)N(C)C1. The summed E-state index contributed by atoms with van der Waals surface area (Å²) >= 11 is 3.53. The number of likely N-dealkylation sites (N-methyl/N-ethyl adjacent to an activating group) is 1. The Hall–Kier alpha value is -0.540. The maximum Gasteiger partial charge on any atom is 0.0403 e. The maximum absolute atomic E-state index is 3.69. The zero-order chi connectivity index (χ0) is 12.4. The molecule has 0 aromatic heterocycles. The van der Waals surface area contributed by atoms with Gasteiger partial charge in [0.1, 0.15) is 0 Å². The van der Waals surface area contributed by atoms with Crippen LogP contribution in [0.3, 0.4) is 0 Å². The lowest BCUT2D eigenvalue weighted by Gasteiger charge is -2.17. The molecule has 0 aliphatic carbocycles. The molecule has 0 bridgehead atoms. The Kier molecular flexibility index (Phi) is 4.10. The second kappa shape index (κ2) is 5.40. The summed E-state index contributed by atoms with van der Waals surface area (Å²) in [4.78, 5) is 2.42. The van der Waals surface area contributed by atoms with Crippen LogP contribution in [0.15, 0.2) is 22.7 Å². The van der Waals surface area contributed by atoms with E-state index >= 15 is 0 Å². The van der Waals surface area contributed by atoms with Gasteiger partial charge < -0.3 is 10.2 Å². The van der Waals surface area contributed by atoms with E-state index in [1.807, 2.05) is 0 Å². The highest BCUT2D eigenvalue weighted by molar-refractivity contribution is 9.10. The van der Waals surface area contributed by atoms with Crippen molar-refractivity contribution in [3.63, 3.8) is 0 Å². The van der Waals surface area contributed by atoms with E-state index in [9.17, 15) is 0 Å². The average Bonchev–Trinajstić information content (AvgIpc) is 2.60. The second-order valence-corrected chi connectivity index (χ2v) is 5.94. The number of hydrogen-bond donors (Lipinski definition) is 1. The van der Waals surface area contributed by atoms with Crippen LogP contribution in [0.2, 0.25) is 0 Å². The van der Waals surface area contributed by atoms with Crippen LogP contribution in [-0.2, 0) is 6.42 Å². The number of likely N-dealkylation sites (tertiary alicyclic amines) is 1. The molecule has 1 aromatic carbocycles. The van der Waals surface area contributed by atoms with Gasteiger partial charge >= 0.3 is 0 Å². The van der Waals surface area contributed by atoms with Crippen molar-refractivity contribution in [2.24, 2.45) is 0 Å². The normalized spacial score (nSPS) is 25.2. The van der Waals surface area contributed by atoms with Crippen LogP contribution >= 0.6 is 15.9 Å². The highest BCUT2D eigenvalue weighted by Gasteiger charge is 2.26. The molecule has 1 fully saturated rings. The van der Waals surface area contributed by atoms with Gasteiger partial charge in [-0.2, -0.15) is 0 Å². The van der Waals surface area contributed by atoms with Gasteiger partial charge in [0.25, 0.3) is 0 Å². The summed E-state index contributed by atoms with van der Waals surface area (Å²) in [5.74, 6) is 0. The molecule has 3 heteroatoms. The summed E-state index contributed by atoms with van der Waals surface area (Å²) in [7, 11) is 2.20. The molecule has 0 radical (unpaired) electrons. The third kappa shape index (κ3) is 3.02. The highest BCUT2D eigenvalue weighted by atomic mass is 79.9. The Morgan fingerprint density at radius 3 is 2.82 bits per heavy atom. The number of rotatable bonds is 3. The largest absolute Gasteiger partial charge is 0.381 e. The predicted octanol–water partition coefficient (Wildman–Crippen LogP) is 3.52. The lowest BCUT2D eigenvalue weighted by molar-refractivity contribution is 0.330. The molecule has 1 aromatic rings. The Morgan fingerprint density at radius 1 is 1.47 bits per heavy atom. The van der Waals surface area contributed by atoms with E-state index in [1.54, 1.807) is 0 Å². The zero-order valence-electron chi connectivity index (χ0n) is 10.8. The number of aryl methyl sites for hydroxylation is 1. The molecule has 1 aliphatic rings. The fourth-order valence-electron chi connectivity index (χ4n) is 2.51.